The largest absolute Gasteiger partial charge is 0.461 e. The van der Waals surface area contributed by atoms with E-state index in [1.54, 1.807) is 29.3 Å². The smallest absolute Gasteiger partial charge is 0.256 e. The van der Waals surface area contributed by atoms with Gasteiger partial charge in [-0.2, -0.15) is 0 Å². The Bertz CT molecular complexity index is 660. The summed E-state index contributed by atoms with van der Waals surface area (Å²) in [7, 11) is 0. The van der Waals surface area contributed by atoms with Crippen molar-refractivity contribution < 1.29 is 18.7 Å². The number of ether oxygens (including phenoxy) is 1. The maximum absolute atomic E-state index is 12.7. The Morgan fingerprint density at radius 2 is 2.27 bits per heavy atom. The fraction of sp³-hybridized carbons (Fsp3) is 0.375. The lowest BCUT2D eigenvalue weighted by Gasteiger charge is -2.35. The number of nitrogens with zero attached hydrogens (tertiary/aromatic N) is 1. The minimum atomic E-state index is -0.270. The van der Waals surface area contributed by atoms with Crippen molar-refractivity contribution in [1.82, 2.24) is 9.88 Å². The third kappa shape index (κ3) is 2.82. The maximum Gasteiger partial charge on any atom is 0.256 e. The number of hydrogen-bond acceptors (Lipinski definition) is 4. The number of ketones is 1. The number of aromatic amines is 1. The zero-order valence-electron chi connectivity index (χ0n) is 12.4. The van der Waals surface area contributed by atoms with Crippen molar-refractivity contribution in [2.75, 3.05) is 19.8 Å². The highest BCUT2D eigenvalue weighted by Gasteiger charge is 2.31. The SMILES string of the molecule is Cc1[nH]ccc1C(=O)N1CCOCC1CC(=O)c1ccco1. The van der Waals surface area contributed by atoms with E-state index in [2.05, 4.69) is 4.98 Å². The van der Waals surface area contributed by atoms with E-state index >= 15 is 0 Å². The number of aryl methyl sites for hydroxylation is 1. The molecule has 116 valence electrons. The number of carbonyl (C=O) groups excluding carboxylic acids is 2. The molecule has 0 bridgehead atoms. The van der Waals surface area contributed by atoms with Gasteiger partial charge >= 0.3 is 0 Å². The molecule has 0 aliphatic carbocycles. The molecule has 0 radical (unpaired) electrons. The Labute approximate surface area is 128 Å². The molecule has 1 fully saturated rings. The molecule has 2 aromatic heterocycles. The molecule has 1 saturated heterocycles. The molecule has 22 heavy (non-hydrogen) atoms. The Morgan fingerprint density at radius 3 is 2.95 bits per heavy atom. The molecule has 1 amide bonds. The lowest BCUT2D eigenvalue weighted by Crippen LogP contribution is -2.49. The van der Waals surface area contributed by atoms with Crippen molar-refractivity contribution in [3.8, 4) is 0 Å². The van der Waals surface area contributed by atoms with Gasteiger partial charge in [-0.15, -0.1) is 0 Å². The molecule has 0 saturated carbocycles. The highest BCUT2D eigenvalue weighted by atomic mass is 16.5. The number of aromatic nitrogens is 1. The van der Waals surface area contributed by atoms with Gasteiger partial charge in [0, 0.05) is 24.9 Å². The summed E-state index contributed by atoms with van der Waals surface area (Å²) >= 11 is 0. The van der Waals surface area contributed by atoms with E-state index in [0.29, 0.717) is 31.1 Å². The second-order valence-electron chi connectivity index (χ2n) is 5.35. The van der Waals surface area contributed by atoms with Crippen LogP contribution >= 0.6 is 0 Å². The predicted octanol–water partition coefficient (Wildman–Crippen LogP) is 2.03. The van der Waals surface area contributed by atoms with E-state index in [1.165, 1.54) is 6.26 Å². The number of amides is 1. The summed E-state index contributed by atoms with van der Waals surface area (Å²) in [6, 6.07) is 4.80. The quantitative estimate of drug-likeness (QED) is 0.877. The summed E-state index contributed by atoms with van der Waals surface area (Å²) in [6.45, 7) is 3.19. The van der Waals surface area contributed by atoms with Gasteiger partial charge in [0.1, 0.15) is 0 Å². The van der Waals surface area contributed by atoms with Crippen LogP contribution in [0.1, 0.15) is 33.0 Å². The molecule has 1 aliphatic rings. The first-order chi connectivity index (χ1) is 10.7. The number of rotatable bonds is 4. The third-order valence-corrected chi connectivity index (χ3v) is 3.89. The molecule has 3 rings (SSSR count). The monoisotopic (exact) mass is 302 g/mol. The number of Topliss-reactive ketones (excluding diaryl/α,β-unsaturated/α-hetero) is 1. The highest BCUT2D eigenvalue weighted by molar-refractivity contribution is 5.97. The number of carbonyl (C=O) groups is 2. The van der Waals surface area contributed by atoms with Gasteiger partial charge in [0.25, 0.3) is 5.91 Å². The average Bonchev–Trinajstić information content (AvgIpc) is 3.18. The normalized spacial score (nSPS) is 18.4. The topological polar surface area (TPSA) is 75.5 Å². The predicted molar refractivity (Wildman–Crippen MR) is 78.8 cm³/mol. The van der Waals surface area contributed by atoms with Crippen LogP contribution in [0.4, 0.5) is 0 Å². The van der Waals surface area contributed by atoms with Gasteiger partial charge in [0.2, 0.25) is 0 Å². The lowest BCUT2D eigenvalue weighted by molar-refractivity contribution is -0.00306. The van der Waals surface area contributed by atoms with Crippen LogP contribution in [0, 0.1) is 6.92 Å². The maximum atomic E-state index is 12.7. The van der Waals surface area contributed by atoms with E-state index < -0.39 is 0 Å². The van der Waals surface area contributed by atoms with Crippen LogP contribution in [-0.2, 0) is 4.74 Å². The van der Waals surface area contributed by atoms with Gasteiger partial charge in [-0.1, -0.05) is 0 Å². The van der Waals surface area contributed by atoms with Crippen LogP contribution in [0.25, 0.3) is 0 Å². The fourth-order valence-corrected chi connectivity index (χ4v) is 2.68. The summed E-state index contributed by atoms with van der Waals surface area (Å²) in [5.74, 6) is 0.124. The van der Waals surface area contributed by atoms with Crippen LogP contribution in [0.3, 0.4) is 0 Å². The number of morpholine rings is 1. The molecular formula is C16H18N2O4. The Hall–Kier alpha value is -2.34. The molecule has 1 N–H and O–H groups in total. The van der Waals surface area contributed by atoms with E-state index in [1.807, 2.05) is 6.92 Å². The summed E-state index contributed by atoms with van der Waals surface area (Å²) in [4.78, 5) is 29.6. The Kier molecular flexibility index (Phi) is 4.11. The number of nitrogens with one attached hydrogen (secondary N) is 1. The highest BCUT2D eigenvalue weighted by Crippen LogP contribution is 2.19. The molecule has 6 heteroatoms. The molecule has 2 aromatic rings. The average molecular weight is 302 g/mol. The molecule has 1 atom stereocenters. The van der Waals surface area contributed by atoms with Crippen molar-refractivity contribution in [2.24, 2.45) is 0 Å². The molecule has 1 unspecified atom stereocenters. The van der Waals surface area contributed by atoms with Crippen LogP contribution in [0.15, 0.2) is 35.1 Å². The van der Waals surface area contributed by atoms with E-state index in [9.17, 15) is 9.59 Å². The molecule has 3 heterocycles. The zero-order valence-corrected chi connectivity index (χ0v) is 12.4. The third-order valence-electron chi connectivity index (χ3n) is 3.89. The van der Waals surface area contributed by atoms with Crippen LogP contribution in [0.5, 0.6) is 0 Å². The Balaban J connectivity index is 1.75. The van der Waals surface area contributed by atoms with Crippen LogP contribution in [-0.4, -0.2) is 47.4 Å². The fourth-order valence-electron chi connectivity index (χ4n) is 2.68. The van der Waals surface area contributed by atoms with E-state index in [0.717, 1.165) is 5.69 Å². The number of hydrogen-bond donors (Lipinski definition) is 1. The van der Waals surface area contributed by atoms with Gasteiger partial charge in [-0.05, 0) is 25.1 Å². The van der Waals surface area contributed by atoms with Gasteiger partial charge in [0.15, 0.2) is 11.5 Å². The second-order valence-corrected chi connectivity index (χ2v) is 5.35. The van der Waals surface area contributed by atoms with E-state index in [4.69, 9.17) is 9.15 Å². The molecule has 0 spiro atoms. The van der Waals surface area contributed by atoms with Gasteiger partial charge in [-0.3, -0.25) is 9.59 Å². The zero-order chi connectivity index (χ0) is 15.5. The molecule has 1 aliphatic heterocycles. The van der Waals surface area contributed by atoms with Crippen molar-refractivity contribution in [3.63, 3.8) is 0 Å². The van der Waals surface area contributed by atoms with Crippen molar-refractivity contribution in [2.45, 2.75) is 19.4 Å². The Morgan fingerprint density at radius 1 is 1.41 bits per heavy atom. The van der Waals surface area contributed by atoms with Crippen LogP contribution < -0.4 is 0 Å². The summed E-state index contributed by atoms with van der Waals surface area (Å²) in [5.41, 5.74) is 1.46. The molecule has 0 aromatic carbocycles. The van der Waals surface area contributed by atoms with Crippen molar-refractivity contribution in [1.29, 1.82) is 0 Å². The summed E-state index contributed by atoms with van der Waals surface area (Å²) in [6.07, 6.45) is 3.41. The first-order valence-electron chi connectivity index (χ1n) is 7.26. The number of H-pyrrole nitrogens is 1. The van der Waals surface area contributed by atoms with Gasteiger partial charge < -0.3 is 19.0 Å². The van der Waals surface area contributed by atoms with Crippen molar-refractivity contribution in [3.05, 3.63) is 47.7 Å². The van der Waals surface area contributed by atoms with Crippen molar-refractivity contribution >= 4 is 11.7 Å². The lowest BCUT2D eigenvalue weighted by atomic mass is 10.1. The molecule has 6 nitrogen and oxygen atoms in total. The standard InChI is InChI=1S/C16H18N2O4/c1-11-13(4-5-17-11)16(20)18-6-8-21-10-12(18)9-14(19)15-3-2-7-22-15/h2-5,7,12,17H,6,8-10H2,1H3. The summed E-state index contributed by atoms with van der Waals surface area (Å²) in [5, 5.41) is 0. The second kappa shape index (κ2) is 6.19. The molecular weight excluding hydrogens is 284 g/mol. The van der Waals surface area contributed by atoms with Gasteiger partial charge in [0.05, 0.1) is 31.1 Å². The van der Waals surface area contributed by atoms with E-state index in [-0.39, 0.29) is 24.2 Å². The minimum Gasteiger partial charge on any atom is -0.461 e. The first kappa shape index (κ1) is 14.6. The van der Waals surface area contributed by atoms with Gasteiger partial charge in [-0.25, -0.2) is 0 Å². The van der Waals surface area contributed by atoms with Crippen LogP contribution in [0.2, 0.25) is 0 Å². The minimum absolute atomic E-state index is 0.0701. The first-order valence-corrected chi connectivity index (χ1v) is 7.26. The number of furan rings is 1. The summed E-state index contributed by atoms with van der Waals surface area (Å²) < 4.78 is 10.6.